The molecule has 1 heterocycles. The number of carbonyl (C=O) groups excluding carboxylic acids is 1. The highest BCUT2D eigenvalue weighted by molar-refractivity contribution is 6.04. The van der Waals surface area contributed by atoms with Crippen LogP contribution in [0.1, 0.15) is 10.5 Å². The number of nitrogens with two attached hydrogens (primary N) is 1. The first-order valence-electron chi connectivity index (χ1n) is 5.48. The van der Waals surface area contributed by atoms with Gasteiger partial charge in [-0.2, -0.15) is 5.10 Å². The van der Waals surface area contributed by atoms with Gasteiger partial charge in [0.2, 0.25) is 0 Å². The number of carbonyl (C=O) groups is 1. The summed E-state index contributed by atoms with van der Waals surface area (Å²) in [7, 11) is 3.07. The van der Waals surface area contributed by atoms with Crippen molar-refractivity contribution in [2.75, 3.05) is 25.3 Å². The third-order valence-corrected chi connectivity index (χ3v) is 2.50. The maximum atomic E-state index is 11.9. The van der Waals surface area contributed by atoms with E-state index in [1.807, 2.05) is 0 Å². The monoisotopic (exact) mass is 262 g/mol. The first-order valence-corrected chi connectivity index (χ1v) is 5.48. The van der Waals surface area contributed by atoms with Crippen LogP contribution in [0.25, 0.3) is 0 Å². The topological polar surface area (TPSA) is 102 Å². The Morgan fingerprint density at radius 2 is 2.11 bits per heavy atom. The molecule has 2 rings (SSSR count). The standard InChI is InChI=1S/C12H14N4O3/c1-18-7-3-4-8(10(5-7)19-2)14-12(17)9-6-11(13)16-15-9/h3-6H,1-2H3,(H,14,17)(H3,13,15,16). The van der Waals surface area contributed by atoms with E-state index >= 15 is 0 Å². The zero-order valence-electron chi connectivity index (χ0n) is 10.6. The summed E-state index contributed by atoms with van der Waals surface area (Å²) in [4.78, 5) is 11.9. The summed E-state index contributed by atoms with van der Waals surface area (Å²) in [6, 6.07) is 6.54. The molecule has 7 heteroatoms. The number of aromatic nitrogens is 2. The van der Waals surface area contributed by atoms with Gasteiger partial charge in [-0.1, -0.05) is 0 Å². The van der Waals surface area contributed by atoms with Gasteiger partial charge in [0.25, 0.3) is 5.91 Å². The van der Waals surface area contributed by atoms with Gasteiger partial charge >= 0.3 is 0 Å². The van der Waals surface area contributed by atoms with Crippen LogP contribution in [0, 0.1) is 0 Å². The molecule has 0 saturated heterocycles. The molecule has 4 N–H and O–H groups in total. The molecule has 0 aliphatic rings. The van der Waals surface area contributed by atoms with E-state index in [4.69, 9.17) is 15.2 Å². The quantitative estimate of drug-likeness (QED) is 0.769. The van der Waals surface area contributed by atoms with Gasteiger partial charge in [0, 0.05) is 12.1 Å². The SMILES string of the molecule is COc1ccc(NC(=O)c2cc(N)n[nH]2)c(OC)c1. The fraction of sp³-hybridized carbons (Fsp3) is 0.167. The molecule has 0 aliphatic heterocycles. The predicted molar refractivity (Wildman–Crippen MR) is 70.5 cm³/mol. The summed E-state index contributed by atoms with van der Waals surface area (Å²) >= 11 is 0. The van der Waals surface area contributed by atoms with Gasteiger partial charge in [-0.15, -0.1) is 0 Å². The molecule has 0 fully saturated rings. The maximum Gasteiger partial charge on any atom is 0.273 e. The zero-order chi connectivity index (χ0) is 13.8. The molecule has 1 amide bonds. The number of amides is 1. The van der Waals surface area contributed by atoms with Gasteiger partial charge in [0.1, 0.15) is 23.0 Å². The Balaban J connectivity index is 2.21. The van der Waals surface area contributed by atoms with Crippen molar-refractivity contribution in [3.63, 3.8) is 0 Å². The van der Waals surface area contributed by atoms with Crippen LogP contribution in [-0.2, 0) is 0 Å². The summed E-state index contributed by atoms with van der Waals surface area (Å²) in [5.41, 5.74) is 6.24. The Hall–Kier alpha value is -2.70. The molecule has 0 radical (unpaired) electrons. The van der Waals surface area contributed by atoms with Crippen LogP contribution in [0.3, 0.4) is 0 Å². The lowest BCUT2D eigenvalue weighted by Gasteiger charge is -2.10. The van der Waals surface area contributed by atoms with Crippen molar-refractivity contribution in [3.05, 3.63) is 30.0 Å². The smallest absolute Gasteiger partial charge is 0.273 e. The van der Waals surface area contributed by atoms with Crippen molar-refractivity contribution in [1.82, 2.24) is 10.2 Å². The van der Waals surface area contributed by atoms with Gasteiger partial charge in [0.15, 0.2) is 0 Å². The molecule has 0 unspecified atom stereocenters. The highest BCUT2D eigenvalue weighted by Gasteiger charge is 2.12. The molecule has 100 valence electrons. The van der Waals surface area contributed by atoms with Crippen LogP contribution in [0.15, 0.2) is 24.3 Å². The molecular formula is C12H14N4O3. The second-order valence-electron chi connectivity index (χ2n) is 3.73. The molecule has 1 aromatic heterocycles. The first kappa shape index (κ1) is 12.7. The van der Waals surface area contributed by atoms with Crippen molar-refractivity contribution in [2.45, 2.75) is 0 Å². The highest BCUT2D eigenvalue weighted by atomic mass is 16.5. The number of methoxy groups -OCH3 is 2. The predicted octanol–water partition coefficient (Wildman–Crippen LogP) is 1.26. The number of rotatable bonds is 4. The lowest BCUT2D eigenvalue weighted by Crippen LogP contribution is -2.13. The van der Waals surface area contributed by atoms with Crippen molar-refractivity contribution in [3.8, 4) is 11.5 Å². The second kappa shape index (κ2) is 5.30. The Bertz CT molecular complexity index is 594. The van der Waals surface area contributed by atoms with Crippen molar-refractivity contribution in [2.24, 2.45) is 0 Å². The van der Waals surface area contributed by atoms with Crippen LogP contribution in [0.5, 0.6) is 11.5 Å². The average molecular weight is 262 g/mol. The molecule has 0 atom stereocenters. The average Bonchev–Trinajstić information content (AvgIpc) is 2.86. The van der Waals surface area contributed by atoms with E-state index in [0.717, 1.165) is 0 Å². The molecule has 2 aromatic rings. The second-order valence-corrected chi connectivity index (χ2v) is 3.73. The van der Waals surface area contributed by atoms with E-state index in [0.29, 0.717) is 17.2 Å². The molecular weight excluding hydrogens is 248 g/mol. The van der Waals surface area contributed by atoms with Crippen LogP contribution in [-0.4, -0.2) is 30.3 Å². The number of benzene rings is 1. The van der Waals surface area contributed by atoms with E-state index in [-0.39, 0.29) is 17.4 Å². The van der Waals surface area contributed by atoms with E-state index in [2.05, 4.69) is 15.5 Å². The number of hydrogen-bond acceptors (Lipinski definition) is 5. The van der Waals surface area contributed by atoms with E-state index in [1.165, 1.54) is 13.2 Å². The normalized spacial score (nSPS) is 10.0. The summed E-state index contributed by atoms with van der Waals surface area (Å²) in [5, 5.41) is 8.92. The van der Waals surface area contributed by atoms with Gasteiger partial charge < -0.3 is 20.5 Å². The van der Waals surface area contributed by atoms with Crippen molar-refractivity contribution in [1.29, 1.82) is 0 Å². The van der Waals surface area contributed by atoms with Crippen LogP contribution in [0.2, 0.25) is 0 Å². The third kappa shape index (κ3) is 2.76. The summed E-state index contributed by atoms with van der Waals surface area (Å²) in [5.74, 6) is 1.04. The first-order chi connectivity index (χ1) is 9.13. The molecule has 19 heavy (non-hydrogen) atoms. The minimum atomic E-state index is -0.354. The van der Waals surface area contributed by atoms with Crippen LogP contribution < -0.4 is 20.5 Å². The molecule has 1 aromatic carbocycles. The van der Waals surface area contributed by atoms with Gasteiger partial charge in [-0.3, -0.25) is 9.89 Å². The Kier molecular flexibility index (Phi) is 3.56. The highest BCUT2D eigenvalue weighted by Crippen LogP contribution is 2.29. The fourth-order valence-corrected chi connectivity index (χ4v) is 1.54. The number of nitrogens with one attached hydrogen (secondary N) is 2. The van der Waals surface area contributed by atoms with Gasteiger partial charge in [-0.05, 0) is 12.1 Å². The number of aromatic amines is 1. The minimum Gasteiger partial charge on any atom is -0.497 e. The molecule has 0 saturated carbocycles. The number of anilines is 2. The number of nitrogen functional groups attached to an aromatic ring is 1. The lowest BCUT2D eigenvalue weighted by molar-refractivity contribution is 0.102. The van der Waals surface area contributed by atoms with E-state index in [1.54, 1.807) is 25.3 Å². The van der Waals surface area contributed by atoms with Gasteiger partial charge in [0.05, 0.1) is 19.9 Å². The molecule has 0 spiro atoms. The van der Waals surface area contributed by atoms with Gasteiger partial charge in [-0.25, -0.2) is 0 Å². The summed E-state index contributed by atoms with van der Waals surface area (Å²) in [6.07, 6.45) is 0. The zero-order valence-corrected chi connectivity index (χ0v) is 10.6. The maximum absolute atomic E-state index is 11.9. The molecule has 0 aliphatic carbocycles. The minimum absolute atomic E-state index is 0.256. The van der Waals surface area contributed by atoms with E-state index < -0.39 is 0 Å². The lowest BCUT2D eigenvalue weighted by atomic mass is 10.2. The summed E-state index contributed by atoms with van der Waals surface area (Å²) in [6.45, 7) is 0. The number of hydrogen-bond donors (Lipinski definition) is 3. The van der Waals surface area contributed by atoms with Crippen molar-refractivity contribution >= 4 is 17.4 Å². The number of ether oxygens (including phenoxy) is 2. The van der Waals surface area contributed by atoms with Crippen LogP contribution in [0.4, 0.5) is 11.5 Å². The number of H-pyrrole nitrogens is 1. The summed E-state index contributed by atoms with van der Waals surface area (Å²) < 4.78 is 10.3. The Morgan fingerprint density at radius 3 is 2.68 bits per heavy atom. The third-order valence-electron chi connectivity index (χ3n) is 2.50. The van der Waals surface area contributed by atoms with E-state index in [9.17, 15) is 4.79 Å². The fourth-order valence-electron chi connectivity index (χ4n) is 1.54. The number of nitrogens with zero attached hydrogens (tertiary/aromatic N) is 1. The Morgan fingerprint density at radius 1 is 1.32 bits per heavy atom. The molecule has 0 bridgehead atoms. The van der Waals surface area contributed by atoms with Crippen molar-refractivity contribution < 1.29 is 14.3 Å². The molecule has 7 nitrogen and oxygen atoms in total. The largest absolute Gasteiger partial charge is 0.497 e. The van der Waals surface area contributed by atoms with Crippen LogP contribution >= 0.6 is 0 Å². The Labute approximate surface area is 109 Å².